The molecule has 16 heavy (non-hydrogen) atoms. The lowest BCUT2D eigenvalue weighted by atomic mass is 10.2. The molecule has 0 spiro atoms. The molecule has 0 radical (unpaired) electrons. The van der Waals surface area contributed by atoms with E-state index in [4.69, 9.17) is 0 Å². The van der Waals surface area contributed by atoms with E-state index in [0.717, 1.165) is 37.1 Å². The summed E-state index contributed by atoms with van der Waals surface area (Å²) in [5.74, 6) is -0.0544. The van der Waals surface area contributed by atoms with Crippen molar-refractivity contribution in [3.05, 3.63) is 17.0 Å². The van der Waals surface area contributed by atoms with Crippen LogP contribution in [-0.2, 0) is 12.8 Å². The molecule has 88 valence electrons. The molecule has 1 aliphatic carbocycles. The molecule has 0 atom stereocenters. The highest BCUT2D eigenvalue weighted by Gasteiger charge is 2.22. The van der Waals surface area contributed by atoms with Crippen molar-refractivity contribution < 1.29 is 4.79 Å². The Morgan fingerprint density at radius 3 is 3.06 bits per heavy atom. The fraction of sp³-hybridized carbons (Fsp3) is 0.636. The number of likely N-dealkylation sites (N-methyl/N-ethyl adjacent to an activating group) is 1. The molecule has 1 aliphatic rings. The van der Waals surface area contributed by atoms with Crippen LogP contribution in [0.2, 0.25) is 0 Å². The van der Waals surface area contributed by atoms with Crippen molar-refractivity contribution in [2.75, 3.05) is 27.2 Å². The van der Waals surface area contributed by atoms with Gasteiger partial charge in [0.05, 0.1) is 0 Å². The Morgan fingerprint density at radius 2 is 2.31 bits per heavy atom. The number of hydrogen-bond donors (Lipinski definition) is 2. The number of fused-ring (bicyclic) bond motifs is 1. The van der Waals surface area contributed by atoms with Gasteiger partial charge in [-0.05, 0) is 33.4 Å². The van der Waals surface area contributed by atoms with Crippen LogP contribution in [0.5, 0.6) is 0 Å². The second kappa shape index (κ2) is 4.65. The van der Waals surface area contributed by atoms with Crippen molar-refractivity contribution in [3.63, 3.8) is 0 Å². The average Bonchev–Trinajstić information content (AvgIpc) is 2.76. The Bertz CT molecular complexity index is 383. The van der Waals surface area contributed by atoms with Crippen molar-refractivity contribution in [3.8, 4) is 0 Å². The van der Waals surface area contributed by atoms with Gasteiger partial charge in [0.15, 0.2) is 5.69 Å². The summed E-state index contributed by atoms with van der Waals surface area (Å²) in [7, 11) is 3.97. The van der Waals surface area contributed by atoms with Gasteiger partial charge in [0, 0.05) is 24.3 Å². The number of nitrogens with zero attached hydrogens (tertiary/aromatic N) is 2. The van der Waals surface area contributed by atoms with Gasteiger partial charge in [-0.15, -0.1) is 0 Å². The molecule has 0 aliphatic heterocycles. The summed E-state index contributed by atoms with van der Waals surface area (Å²) < 4.78 is 0. The van der Waals surface area contributed by atoms with Crippen LogP contribution < -0.4 is 5.32 Å². The number of aromatic amines is 1. The fourth-order valence-electron chi connectivity index (χ4n) is 1.98. The number of amides is 1. The number of rotatable bonds is 4. The van der Waals surface area contributed by atoms with Crippen molar-refractivity contribution in [2.45, 2.75) is 19.3 Å². The van der Waals surface area contributed by atoms with Crippen LogP contribution in [0.15, 0.2) is 0 Å². The van der Waals surface area contributed by atoms with Gasteiger partial charge in [0.2, 0.25) is 0 Å². The Hall–Kier alpha value is -1.36. The zero-order valence-electron chi connectivity index (χ0n) is 9.84. The van der Waals surface area contributed by atoms with Crippen molar-refractivity contribution >= 4 is 5.91 Å². The molecule has 5 heteroatoms. The SMILES string of the molecule is CN(C)CCNC(=O)c1n[nH]c2c1CCC2. The highest BCUT2D eigenvalue weighted by Crippen LogP contribution is 2.22. The number of H-pyrrole nitrogens is 1. The van der Waals surface area contributed by atoms with Gasteiger partial charge in [-0.1, -0.05) is 0 Å². The molecule has 1 aromatic heterocycles. The minimum Gasteiger partial charge on any atom is -0.349 e. The molecule has 1 aromatic rings. The Kier molecular flexibility index (Phi) is 3.24. The van der Waals surface area contributed by atoms with Crippen molar-refractivity contribution in [1.29, 1.82) is 0 Å². The molecule has 5 nitrogen and oxygen atoms in total. The fourth-order valence-corrected chi connectivity index (χ4v) is 1.98. The smallest absolute Gasteiger partial charge is 0.272 e. The van der Waals surface area contributed by atoms with E-state index in [-0.39, 0.29) is 5.91 Å². The van der Waals surface area contributed by atoms with Crippen LogP contribution in [0.3, 0.4) is 0 Å². The van der Waals surface area contributed by atoms with E-state index in [1.165, 1.54) is 0 Å². The second-order valence-corrected chi connectivity index (χ2v) is 4.44. The van der Waals surface area contributed by atoms with Crippen molar-refractivity contribution in [2.24, 2.45) is 0 Å². The van der Waals surface area contributed by atoms with Crippen LogP contribution in [-0.4, -0.2) is 48.2 Å². The normalized spacial score (nSPS) is 14.2. The molecule has 0 fully saturated rings. The van der Waals surface area contributed by atoms with E-state index >= 15 is 0 Å². The van der Waals surface area contributed by atoms with Gasteiger partial charge in [0.1, 0.15) is 0 Å². The highest BCUT2D eigenvalue weighted by molar-refractivity contribution is 5.94. The maximum Gasteiger partial charge on any atom is 0.272 e. The van der Waals surface area contributed by atoms with Gasteiger partial charge >= 0.3 is 0 Å². The molecule has 2 N–H and O–H groups in total. The predicted molar refractivity (Wildman–Crippen MR) is 61.5 cm³/mol. The van der Waals surface area contributed by atoms with Gasteiger partial charge in [-0.2, -0.15) is 5.10 Å². The van der Waals surface area contributed by atoms with E-state index in [9.17, 15) is 4.79 Å². The maximum atomic E-state index is 11.8. The lowest BCUT2D eigenvalue weighted by Crippen LogP contribution is -2.32. The highest BCUT2D eigenvalue weighted by atomic mass is 16.1. The quantitative estimate of drug-likeness (QED) is 0.764. The third kappa shape index (κ3) is 2.24. The number of carbonyl (C=O) groups is 1. The lowest BCUT2D eigenvalue weighted by Gasteiger charge is -2.09. The predicted octanol–water partition coefficient (Wildman–Crippen LogP) is 0.190. The molecule has 0 unspecified atom stereocenters. The summed E-state index contributed by atoms with van der Waals surface area (Å²) in [6, 6.07) is 0. The second-order valence-electron chi connectivity index (χ2n) is 4.44. The van der Waals surface area contributed by atoms with E-state index in [1.807, 2.05) is 19.0 Å². The zero-order valence-corrected chi connectivity index (χ0v) is 9.84. The van der Waals surface area contributed by atoms with Crippen LogP contribution in [0, 0.1) is 0 Å². The van der Waals surface area contributed by atoms with Crippen LogP contribution in [0.4, 0.5) is 0 Å². The van der Waals surface area contributed by atoms with Gasteiger partial charge in [-0.3, -0.25) is 9.89 Å². The Labute approximate surface area is 95.2 Å². The summed E-state index contributed by atoms with van der Waals surface area (Å²) in [6.07, 6.45) is 3.12. The first-order valence-electron chi connectivity index (χ1n) is 5.67. The third-order valence-corrected chi connectivity index (χ3v) is 2.87. The lowest BCUT2D eigenvalue weighted by molar-refractivity contribution is 0.0945. The first-order chi connectivity index (χ1) is 7.68. The zero-order chi connectivity index (χ0) is 11.5. The molecular weight excluding hydrogens is 204 g/mol. The van der Waals surface area contributed by atoms with Crippen LogP contribution >= 0.6 is 0 Å². The number of hydrogen-bond acceptors (Lipinski definition) is 3. The van der Waals surface area contributed by atoms with Gasteiger partial charge < -0.3 is 10.2 Å². The molecule has 2 rings (SSSR count). The molecule has 0 saturated carbocycles. The van der Waals surface area contributed by atoms with Crippen LogP contribution in [0.1, 0.15) is 28.2 Å². The van der Waals surface area contributed by atoms with E-state index < -0.39 is 0 Å². The molecule has 1 heterocycles. The molecule has 0 saturated heterocycles. The van der Waals surface area contributed by atoms with E-state index in [0.29, 0.717) is 12.2 Å². The first kappa shape index (κ1) is 11.1. The van der Waals surface area contributed by atoms with Gasteiger partial charge in [-0.25, -0.2) is 0 Å². The standard InChI is InChI=1S/C11H18N4O/c1-15(2)7-6-12-11(16)10-8-4-3-5-9(8)13-14-10/h3-7H2,1-2H3,(H,12,16)(H,13,14). The monoisotopic (exact) mass is 222 g/mol. The average molecular weight is 222 g/mol. The summed E-state index contributed by atoms with van der Waals surface area (Å²) >= 11 is 0. The largest absolute Gasteiger partial charge is 0.349 e. The van der Waals surface area contributed by atoms with E-state index in [2.05, 4.69) is 15.5 Å². The van der Waals surface area contributed by atoms with E-state index in [1.54, 1.807) is 0 Å². The minimum absolute atomic E-state index is 0.0544. The topological polar surface area (TPSA) is 61.0 Å². The molecule has 0 aromatic carbocycles. The maximum absolute atomic E-state index is 11.8. The van der Waals surface area contributed by atoms with Crippen molar-refractivity contribution in [1.82, 2.24) is 20.4 Å². The van der Waals surface area contributed by atoms with Gasteiger partial charge in [0.25, 0.3) is 5.91 Å². The number of aromatic nitrogens is 2. The number of nitrogens with one attached hydrogen (secondary N) is 2. The number of carbonyl (C=O) groups excluding carboxylic acids is 1. The molecular formula is C11H18N4O. The third-order valence-electron chi connectivity index (χ3n) is 2.87. The summed E-state index contributed by atoms with van der Waals surface area (Å²) in [5.41, 5.74) is 2.84. The Balaban J connectivity index is 1.94. The molecule has 0 bridgehead atoms. The number of aryl methyl sites for hydroxylation is 1. The summed E-state index contributed by atoms with van der Waals surface area (Å²) in [6.45, 7) is 1.51. The minimum atomic E-state index is -0.0544. The van der Waals surface area contributed by atoms with Crippen LogP contribution in [0.25, 0.3) is 0 Å². The summed E-state index contributed by atoms with van der Waals surface area (Å²) in [5, 5.41) is 9.91. The first-order valence-corrected chi connectivity index (χ1v) is 5.67. The Morgan fingerprint density at radius 1 is 1.50 bits per heavy atom. The molecule has 1 amide bonds. The summed E-state index contributed by atoms with van der Waals surface area (Å²) in [4.78, 5) is 13.9.